The second-order valence-corrected chi connectivity index (χ2v) is 11.2. The van der Waals surface area contributed by atoms with Crippen molar-refractivity contribution in [1.29, 1.82) is 0 Å². The fourth-order valence-corrected chi connectivity index (χ4v) is 5.78. The molecule has 7 N–H and O–H groups in total. The minimum Gasteiger partial charge on any atom is -0.493 e. The first-order valence-electron chi connectivity index (χ1n) is 12.8. The molecule has 41 heavy (non-hydrogen) atoms. The molecule has 4 rings (SSSR count). The van der Waals surface area contributed by atoms with E-state index in [2.05, 4.69) is 15.3 Å². The van der Waals surface area contributed by atoms with Crippen LogP contribution in [0.4, 0.5) is 23.1 Å². The highest BCUT2D eigenvalue weighted by atomic mass is 32.2. The fourth-order valence-electron chi connectivity index (χ4n) is 4.30. The van der Waals surface area contributed by atoms with Crippen LogP contribution in [0.1, 0.15) is 23.1 Å². The van der Waals surface area contributed by atoms with Gasteiger partial charge in [0.25, 0.3) is 0 Å². The maximum Gasteiger partial charge on any atom is 0.221 e. The largest absolute Gasteiger partial charge is 0.493 e. The molecule has 216 valence electrons. The van der Waals surface area contributed by atoms with E-state index in [0.717, 1.165) is 16.8 Å². The van der Waals surface area contributed by atoms with E-state index < -0.39 is 9.84 Å². The van der Waals surface area contributed by atoms with Gasteiger partial charge < -0.3 is 36.7 Å². The first kappa shape index (κ1) is 29.3. The van der Waals surface area contributed by atoms with Crippen molar-refractivity contribution in [3.63, 3.8) is 0 Å². The number of nitrogens with zero attached hydrogens (tertiary/aromatic N) is 2. The molecule has 0 radical (unpaired) electrons. The quantitative estimate of drug-likeness (QED) is 0.142. The number of aromatic nitrogens is 2. The number of sulfone groups is 1. The summed E-state index contributed by atoms with van der Waals surface area (Å²) in [5.41, 5.74) is 20.9. The van der Waals surface area contributed by atoms with E-state index in [0.29, 0.717) is 60.3 Å². The van der Waals surface area contributed by atoms with Crippen molar-refractivity contribution in [3.05, 3.63) is 77.5 Å². The summed E-state index contributed by atoms with van der Waals surface area (Å²) in [6, 6.07) is 15.1. The molecule has 0 amide bonds. The smallest absolute Gasteiger partial charge is 0.221 e. The topological polar surface area (TPSA) is 178 Å². The number of ether oxygens (including phenoxy) is 3. The summed E-state index contributed by atoms with van der Waals surface area (Å²) in [6.07, 6.45) is 2.72. The number of methoxy groups -OCH3 is 2. The van der Waals surface area contributed by atoms with Crippen LogP contribution in [0.15, 0.2) is 70.6 Å². The molecule has 0 aliphatic rings. The third kappa shape index (κ3) is 6.90. The molecule has 0 aliphatic heterocycles. The lowest BCUT2D eigenvalue weighted by molar-refractivity contribution is 0.273. The van der Waals surface area contributed by atoms with E-state index in [9.17, 15) is 8.42 Å². The first-order chi connectivity index (χ1) is 19.6. The third-order valence-corrected chi connectivity index (χ3v) is 8.31. The van der Waals surface area contributed by atoms with Crippen molar-refractivity contribution >= 4 is 33.0 Å². The molecule has 1 heterocycles. The normalized spacial score (nSPS) is 11.2. The summed E-state index contributed by atoms with van der Waals surface area (Å²) in [5.74, 6) is 1.98. The average molecular weight is 579 g/mol. The number of anilines is 4. The van der Waals surface area contributed by atoms with E-state index in [1.165, 1.54) is 6.07 Å². The Bertz CT molecular complexity index is 1600. The van der Waals surface area contributed by atoms with Gasteiger partial charge in [0.2, 0.25) is 21.5 Å². The zero-order valence-electron chi connectivity index (χ0n) is 23.2. The molecular weight excluding hydrogens is 544 g/mol. The van der Waals surface area contributed by atoms with Crippen LogP contribution in [-0.2, 0) is 16.3 Å². The second-order valence-electron chi connectivity index (χ2n) is 9.33. The number of benzene rings is 3. The number of hydrogen-bond acceptors (Lipinski definition) is 11. The highest BCUT2D eigenvalue weighted by Crippen LogP contribution is 2.39. The molecule has 1 aromatic heterocycles. The standard InChI is InChI=1S/C29H34N6O5S/c1-18-13-21(30)5-10-26(18)41(36,37)23-8-6-22(7-9-23)33-11-4-12-40-27-24(38-2)15-19(16-25(27)39-3)14-20-17-34-29(32)35-28(20)31/h5-10,13,15-17,33H,4,11-12,14,30H2,1-3H3,(H4,31,32,34,35). The maximum absolute atomic E-state index is 13.0. The molecule has 0 spiro atoms. The zero-order valence-corrected chi connectivity index (χ0v) is 24.0. The van der Waals surface area contributed by atoms with Gasteiger partial charge >= 0.3 is 0 Å². The Hall–Kier alpha value is -4.71. The van der Waals surface area contributed by atoms with Gasteiger partial charge in [-0.25, -0.2) is 13.4 Å². The predicted molar refractivity (Wildman–Crippen MR) is 159 cm³/mol. The lowest BCUT2D eigenvalue weighted by Gasteiger charge is -2.17. The summed E-state index contributed by atoms with van der Waals surface area (Å²) in [6.45, 7) is 2.72. The Morgan fingerprint density at radius 1 is 0.927 bits per heavy atom. The van der Waals surface area contributed by atoms with Crippen molar-refractivity contribution in [3.8, 4) is 17.2 Å². The molecule has 0 saturated heterocycles. The summed E-state index contributed by atoms with van der Waals surface area (Å²) in [7, 11) is -0.522. The van der Waals surface area contributed by atoms with Crippen LogP contribution in [0.25, 0.3) is 0 Å². The molecule has 0 bridgehead atoms. The Morgan fingerprint density at radius 3 is 2.22 bits per heavy atom. The van der Waals surface area contributed by atoms with Crippen LogP contribution in [0, 0.1) is 6.92 Å². The summed E-state index contributed by atoms with van der Waals surface area (Å²) in [4.78, 5) is 8.48. The van der Waals surface area contributed by atoms with Gasteiger partial charge in [-0.1, -0.05) is 0 Å². The van der Waals surface area contributed by atoms with Gasteiger partial charge in [-0.15, -0.1) is 0 Å². The van der Waals surface area contributed by atoms with E-state index >= 15 is 0 Å². The average Bonchev–Trinajstić information content (AvgIpc) is 2.94. The summed E-state index contributed by atoms with van der Waals surface area (Å²) < 4.78 is 43.2. The van der Waals surface area contributed by atoms with E-state index in [1.54, 1.807) is 63.7 Å². The fraction of sp³-hybridized carbons (Fsp3) is 0.241. The molecule has 0 saturated carbocycles. The highest BCUT2D eigenvalue weighted by Gasteiger charge is 2.20. The Balaban J connectivity index is 1.34. The number of nitrogen functional groups attached to an aromatic ring is 3. The van der Waals surface area contributed by atoms with Crippen molar-refractivity contribution in [2.45, 2.75) is 29.6 Å². The van der Waals surface area contributed by atoms with Crippen LogP contribution < -0.4 is 36.7 Å². The van der Waals surface area contributed by atoms with Crippen LogP contribution in [0.3, 0.4) is 0 Å². The van der Waals surface area contributed by atoms with Crippen LogP contribution in [0.5, 0.6) is 17.2 Å². The van der Waals surface area contributed by atoms with Crippen LogP contribution in [-0.4, -0.2) is 45.8 Å². The van der Waals surface area contributed by atoms with Crippen molar-refractivity contribution in [2.24, 2.45) is 0 Å². The Morgan fingerprint density at radius 2 is 1.61 bits per heavy atom. The molecule has 3 aromatic carbocycles. The number of nitrogens with one attached hydrogen (secondary N) is 1. The third-order valence-electron chi connectivity index (χ3n) is 6.38. The van der Waals surface area contributed by atoms with Crippen molar-refractivity contribution in [2.75, 3.05) is 49.9 Å². The number of rotatable bonds is 12. The predicted octanol–water partition coefficient (Wildman–Crippen LogP) is 3.85. The molecule has 0 unspecified atom stereocenters. The first-order valence-corrected chi connectivity index (χ1v) is 14.3. The Labute approximate surface area is 239 Å². The lowest BCUT2D eigenvalue weighted by atomic mass is 10.1. The van der Waals surface area contributed by atoms with Gasteiger partial charge in [-0.05, 0) is 79.1 Å². The van der Waals surface area contributed by atoms with Crippen molar-refractivity contribution in [1.82, 2.24) is 9.97 Å². The van der Waals surface area contributed by atoms with Gasteiger partial charge in [-0.3, -0.25) is 0 Å². The Kier molecular flexibility index (Phi) is 9.03. The van der Waals surface area contributed by atoms with Crippen molar-refractivity contribution < 1.29 is 22.6 Å². The SMILES string of the molecule is COc1cc(Cc2cnc(N)nc2N)cc(OC)c1OCCCNc1ccc(S(=O)(=O)c2ccc(N)cc2C)cc1. The van der Waals surface area contributed by atoms with Crippen LogP contribution in [0.2, 0.25) is 0 Å². The summed E-state index contributed by atoms with van der Waals surface area (Å²) >= 11 is 0. The molecule has 11 nitrogen and oxygen atoms in total. The van der Waals surface area contributed by atoms with Gasteiger partial charge in [0.1, 0.15) is 5.82 Å². The zero-order chi connectivity index (χ0) is 29.6. The number of aryl methyl sites for hydroxylation is 1. The number of hydrogen-bond donors (Lipinski definition) is 4. The van der Waals surface area contributed by atoms with Crippen LogP contribution >= 0.6 is 0 Å². The number of nitrogens with two attached hydrogens (primary N) is 3. The molecule has 0 atom stereocenters. The molecule has 0 fully saturated rings. The molecule has 4 aromatic rings. The maximum atomic E-state index is 13.0. The molecule has 12 heteroatoms. The van der Waals surface area contributed by atoms with Gasteiger partial charge in [-0.2, -0.15) is 4.98 Å². The monoisotopic (exact) mass is 578 g/mol. The minimum atomic E-state index is -3.65. The lowest BCUT2D eigenvalue weighted by Crippen LogP contribution is -2.09. The highest BCUT2D eigenvalue weighted by molar-refractivity contribution is 7.91. The van der Waals surface area contributed by atoms with E-state index in [-0.39, 0.29) is 15.7 Å². The minimum absolute atomic E-state index is 0.119. The van der Waals surface area contributed by atoms with Gasteiger partial charge in [0.05, 0.1) is 30.6 Å². The van der Waals surface area contributed by atoms with E-state index in [1.807, 2.05) is 12.1 Å². The van der Waals surface area contributed by atoms with E-state index in [4.69, 9.17) is 31.4 Å². The second kappa shape index (κ2) is 12.6. The molecular formula is C29H34N6O5S. The van der Waals surface area contributed by atoms with Gasteiger partial charge in [0, 0.05) is 36.1 Å². The van der Waals surface area contributed by atoms with Gasteiger partial charge in [0.15, 0.2) is 11.5 Å². The summed E-state index contributed by atoms with van der Waals surface area (Å²) in [5, 5.41) is 3.28. The molecule has 0 aliphatic carbocycles.